The Morgan fingerprint density at radius 3 is 2.11 bits per heavy atom. The van der Waals surface area contributed by atoms with E-state index >= 15 is 0 Å². The first-order valence-corrected chi connectivity index (χ1v) is 4.95. The van der Waals surface area contributed by atoms with Crippen LogP contribution >= 0.6 is 0 Å². The number of ether oxygens (including phenoxy) is 2. The topological polar surface area (TPSA) is 87.6 Å². The minimum Gasteiger partial charge on any atom is -0.493 e. The van der Waals surface area contributed by atoms with Gasteiger partial charge in [0, 0.05) is 0 Å². The van der Waals surface area contributed by atoms with Gasteiger partial charge in [0.1, 0.15) is 6.04 Å². The van der Waals surface area contributed by atoms with E-state index in [9.17, 15) is 23.3 Å². The summed E-state index contributed by atoms with van der Waals surface area (Å²) < 4.78 is 47.3. The van der Waals surface area contributed by atoms with Crippen LogP contribution in [0, 0.1) is 10.1 Å². The van der Waals surface area contributed by atoms with Gasteiger partial charge in [-0.15, -0.1) is 0 Å². The SMILES string of the molecule is COc1cc([C@H](N)C(F)(F)F)c([N+](=O)[O-])cc1OC. The summed E-state index contributed by atoms with van der Waals surface area (Å²) in [5.41, 5.74) is 3.54. The fraction of sp³-hybridized carbons (Fsp3) is 0.400. The lowest BCUT2D eigenvalue weighted by molar-refractivity contribution is -0.386. The van der Waals surface area contributed by atoms with Crippen LogP contribution in [-0.2, 0) is 0 Å². The van der Waals surface area contributed by atoms with Crippen LogP contribution in [0.15, 0.2) is 12.1 Å². The number of halogens is 3. The summed E-state index contributed by atoms with van der Waals surface area (Å²) in [5, 5.41) is 10.8. The molecule has 0 amide bonds. The predicted molar refractivity (Wildman–Crippen MR) is 59.2 cm³/mol. The van der Waals surface area contributed by atoms with Crippen molar-refractivity contribution in [3.8, 4) is 11.5 Å². The lowest BCUT2D eigenvalue weighted by Crippen LogP contribution is -2.29. The zero-order valence-electron chi connectivity index (χ0n) is 10.0. The van der Waals surface area contributed by atoms with E-state index in [4.69, 9.17) is 15.2 Å². The van der Waals surface area contributed by atoms with Gasteiger partial charge in [0.2, 0.25) is 0 Å². The summed E-state index contributed by atoms with van der Waals surface area (Å²) in [6, 6.07) is -0.776. The molecule has 106 valence electrons. The summed E-state index contributed by atoms with van der Waals surface area (Å²) in [7, 11) is 2.41. The number of rotatable bonds is 4. The fourth-order valence-electron chi connectivity index (χ4n) is 1.47. The molecule has 0 unspecified atom stereocenters. The third kappa shape index (κ3) is 3.05. The number of hydrogen-bond donors (Lipinski definition) is 1. The molecule has 0 radical (unpaired) electrons. The molecule has 2 N–H and O–H groups in total. The minimum atomic E-state index is -4.80. The van der Waals surface area contributed by atoms with Gasteiger partial charge in [0.25, 0.3) is 5.69 Å². The van der Waals surface area contributed by atoms with Gasteiger partial charge in [-0.3, -0.25) is 10.1 Å². The van der Waals surface area contributed by atoms with E-state index in [2.05, 4.69) is 0 Å². The van der Waals surface area contributed by atoms with Gasteiger partial charge in [0.05, 0.1) is 30.8 Å². The lowest BCUT2D eigenvalue weighted by atomic mass is 10.0. The molecule has 0 aliphatic heterocycles. The highest BCUT2D eigenvalue weighted by atomic mass is 19.4. The fourth-order valence-corrected chi connectivity index (χ4v) is 1.47. The smallest absolute Gasteiger partial charge is 0.407 e. The quantitative estimate of drug-likeness (QED) is 0.674. The lowest BCUT2D eigenvalue weighted by Gasteiger charge is -2.17. The predicted octanol–water partition coefficient (Wildman–Crippen LogP) is 2.17. The van der Waals surface area contributed by atoms with E-state index in [-0.39, 0.29) is 11.5 Å². The number of nitro groups is 1. The number of nitrogens with two attached hydrogens (primary N) is 1. The van der Waals surface area contributed by atoms with Gasteiger partial charge in [-0.2, -0.15) is 13.2 Å². The molecule has 6 nitrogen and oxygen atoms in total. The number of nitrogens with zero attached hydrogens (tertiary/aromatic N) is 1. The average molecular weight is 280 g/mol. The van der Waals surface area contributed by atoms with Crippen molar-refractivity contribution in [3.63, 3.8) is 0 Å². The van der Waals surface area contributed by atoms with Crippen molar-refractivity contribution < 1.29 is 27.6 Å². The summed E-state index contributed by atoms with van der Waals surface area (Å²) in [6.45, 7) is 0. The monoisotopic (exact) mass is 280 g/mol. The van der Waals surface area contributed by atoms with E-state index in [1.807, 2.05) is 0 Å². The molecule has 0 saturated heterocycles. The molecule has 0 bridgehead atoms. The normalized spacial score (nSPS) is 12.9. The number of alkyl halides is 3. The second-order valence-electron chi connectivity index (χ2n) is 3.54. The molecule has 1 rings (SSSR count). The van der Waals surface area contributed by atoms with Crippen molar-refractivity contribution in [2.24, 2.45) is 5.73 Å². The highest BCUT2D eigenvalue weighted by Crippen LogP contribution is 2.41. The molecule has 19 heavy (non-hydrogen) atoms. The molecule has 0 fully saturated rings. The Morgan fingerprint density at radius 1 is 1.26 bits per heavy atom. The van der Waals surface area contributed by atoms with Crippen LogP contribution in [0.5, 0.6) is 11.5 Å². The second-order valence-corrected chi connectivity index (χ2v) is 3.54. The molecule has 0 aliphatic carbocycles. The van der Waals surface area contributed by atoms with Crippen molar-refractivity contribution in [1.29, 1.82) is 0 Å². The Kier molecular flexibility index (Phi) is 4.20. The minimum absolute atomic E-state index is 0.0488. The molecule has 0 aromatic heterocycles. The molecule has 0 saturated carbocycles. The van der Waals surface area contributed by atoms with Gasteiger partial charge in [-0.1, -0.05) is 0 Å². The zero-order valence-corrected chi connectivity index (χ0v) is 10.0. The Morgan fingerprint density at radius 2 is 1.74 bits per heavy atom. The Hall–Kier alpha value is -2.03. The van der Waals surface area contributed by atoms with Crippen LogP contribution in [0.2, 0.25) is 0 Å². The first kappa shape index (κ1) is 15.0. The van der Waals surface area contributed by atoms with Crippen molar-refractivity contribution in [2.75, 3.05) is 14.2 Å². The van der Waals surface area contributed by atoms with Crippen LogP contribution in [0.25, 0.3) is 0 Å². The molecular weight excluding hydrogens is 269 g/mol. The van der Waals surface area contributed by atoms with E-state index in [1.165, 1.54) is 14.2 Å². The van der Waals surface area contributed by atoms with Gasteiger partial charge >= 0.3 is 6.18 Å². The van der Waals surface area contributed by atoms with E-state index in [1.54, 1.807) is 0 Å². The van der Waals surface area contributed by atoms with Crippen LogP contribution in [0.4, 0.5) is 18.9 Å². The largest absolute Gasteiger partial charge is 0.493 e. The number of methoxy groups -OCH3 is 2. The molecule has 0 spiro atoms. The first-order chi connectivity index (χ1) is 8.72. The second kappa shape index (κ2) is 5.31. The molecular formula is C10H11F3N2O4. The van der Waals surface area contributed by atoms with Crippen molar-refractivity contribution in [2.45, 2.75) is 12.2 Å². The highest BCUT2D eigenvalue weighted by Gasteiger charge is 2.42. The molecule has 0 aliphatic rings. The van der Waals surface area contributed by atoms with E-state index in [0.717, 1.165) is 12.1 Å². The molecule has 1 aromatic rings. The highest BCUT2D eigenvalue weighted by molar-refractivity contribution is 5.55. The van der Waals surface area contributed by atoms with Gasteiger partial charge in [-0.05, 0) is 6.07 Å². The van der Waals surface area contributed by atoms with Crippen LogP contribution < -0.4 is 15.2 Å². The Labute approximate surface area is 106 Å². The van der Waals surface area contributed by atoms with Crippen LogP contribution in [0.1, 0.15) is 11.6 Å². The third-order valence-corrected chi connectivity index (χ3v) is 2.42. The standard InChI is InChI=1S/C10H11F3N2O4/c1-18-7-3-5(9(14)10(11,12)13)6(15(16)17)4-8(7)19-2/h3-4,9H,14H2,1-2H3/t9-/m0/s1. The van der Waals surface area contributed by atoms with E-state index < -0.39 is 28.4 Å². The van der Waals surface area contributed by atoms with Gasteiger partial charge in [0.15, 0.2) is 11.5 Å². The maximum Gasteiger partial charge on any atom is 0.407 e. The van der Waals surface area contributed by atoms with E-state index in [0.29, 0.717) is 0 Å². The Bertz CT molecular complexity index is 490. The number of hydrogen-bond acceptors (Lipinski definition) is 5. The van der Waals surface area contributed by atoms with Crippen molar-refractivity contribution >= 4 is 5.69 Å². The summed E-state index contributed by atoms with van der Waals surface area (Å²) in [5.74, 6) is -0.116. The van der Waals surface area contributed by atoms with Crippen molar-refractivity contribution in [3.05, 3.63) is 27.8 Å². The molecule has 9 heteroatoms. The molecule has 1 atom stereocenters. The molecule has 1 aromatic carbocycles. The van der Waals surface area contributed by atoms with Gasteiger partial charge in [-0.25, -0.2) is 0 Å². The molecule has 0 heterocycles. The summed E-state index contributed by atoms with van der Waals surface area (Å²) >= 11 is 0. The number of nitro benzene ring substituents is 1. The number of benzene rings is 1. The summed E-state index contributed by atoms with van der Waals surface area (Å²) in [4.78, 5) is 9.85. The summed E-state index contributed by atoms with van der Waals surface area (Å²) in [6.07, 6.45) is -4.80. The zero-order chi connectivity index (χ0) is 14.8. The average Bonchev–Trinajstić information content (AvgIpc) is 2.34. The van der Waals surface area contributed by atoms with Gasteiger partial charge < -0.3 is 15.2 Å². The van der Waals surface area contributed by atoms with Crippen molar-refractivity contribution in [1.82, 2.24) is 0 Å². The van der Waals surface area contributed by atoms with Crippen LogP contribution in [-0.4, -0.2) is 25.3 Å². The first-order valence-electron chi connectivity index (χ1n) is 4.95. The maximum absolute atomic E-state index is 12.6. The van der Waals surface area contributed by atoms with Crippen LogP contribution in [0.3, 0.4) is 0 Å². The third-order valence-electron chi connectivity index (χ3n) is 2.42. The maximum atomic E-state index is 12.6. The Balaban J connectivity index is 3.48.